The number of nitrogens with one attached hydrogen (secondary N) is 2. The zero-order chi connectivity index (χ0) is 18.2. The number of alkyl halides is 2. The smallest absolute Gasteiger partial charge is 0.288 e. The van der Waals surface area contributed by atoms with E-state index in [1.165, 1.54) is 12.1 Å². The number of hydrogen-bond acceptors (Lipinski definition) is 3. The van der Waals surface area contributed by atoms with E-state index in [0.29, 0.717) is 28.8 Å². The molecule has 0 spiro atoms. The fraction of sp³-hybridized carbons (Fsp3) is 0.176. The average Bonchev–Trinajstić information content (AvgIpc) is 2.58. The Balaban J connectivity index is 1.95. The van der Waals surface area contributed by atoms with Gasteiger partial charge in [0.15, 0.2) is 5.11 Å². The third-order valence-corrected chi connectivity index (χ3v) is 4.06. The Morgan fingerprint density at radius 1 is 1.12 bits per heavy atom. The third kappa shape index (κ3) is 6.39. The zero-order valence-electron chi connectivity index (χ0n) is 13.3. The van der Waals surface area contributed by atoms with E-state index < -0.39 is 5.76 Å². The maximum atomic E-state index is 13.0. The standard InChI is InChI=1S/C17H16F3N3S2/c1-2-15(11-3-5-12(18)6-4-11)22-23-17(24)21-13-7-9-14(10-8-13)25-16(19)20/h3-10,16H,2H2,1H3,(H2,21,23,24)/b22-15-. The number of anilines is 1. The van der Waals surface area contributed by atoms with Crippen LogP contribution in [0.25, 0.3) is 0 Å². The summed E-state index contributed by atoms with van der Waals surface area (Å²) < 4.78 is 37.5. The highest BCUT2D eigenvalue weighted by molar-refractivity contribution is 7.99. The number of thiocarbonyl (C=S) groups is 1. The molecule has 0 heterocycles. The van der Waals surface area contributed by atoms with Crippen molar-refractivity contribution in [2.75, 3.05) is 5.32 Å². The summed E-state index contributed by atoms with van der Waals surface area (Å²) in [5, 5.41) is 7.42. The minimum absolute atomic E-state index is 0.266. The largest absolute Gasteiger partial charge is 0.331 e. The van der Waals surface area contributed by atoms with Gasteiger partial charge in [-0.1, -0.05) is 30.8 Å². The fourth-order valence-electron chi connectivity index (χ4n) is 1.99. The normalized spacial score (nSPS) is 11.5. The molecule has 0 unspecified atom stereocenters. The molecule has 0 amide bonds. The summed E-state index contributed by atoms with van der Waals surface area (Å²) in [4.78, 5) is 0.474. The van der Waals surface area contributed by atoms with Gasteiger partial charge in [0, 0.05) is 10.6 Å². The van der Waals surface area contributed by atoms with Crippen LogP contribution in [0.1, 0.15) is 18.9 Å². The van der Waals surface area contributed by atoms with E-state index in [9.17, 15) is 13.2 Å². The third-order valence-electron chi connectivity index (χ3n) is 3.14. The van der Waals surface area contributed by atoms with Crippen molar-refractivity contribution in [3.63, 3.8) is 0 Å². The second-order valence-electron chi connectivity index (χ2n) is 4.89. The van der Waals surface area contributed by atoms with E-state index in [1.54, 1.807) is 36.4 Å². The van der Waals surface area contributed by atoms with Gasteiger partial charge < -0.3 is 5.32 Å². The molecule has 2 aromatic carbocycles. The number of hydrogen-bond donors (Lipinski definition) is 2. The molecule has 0 aliphatic rings. The van der Waals surface area contributed by atoms with E-state index in [2.05, 4.69) is 15.8 Å². The van der Waals surface area contributed by atoms with Gasteiger partial charge in [-0.2, -0.15) is 13.9 Å². The predicted molar refractivity (Wildman–Crippen MR) is 101 cm³/mol. The fourth-order valence-corrected chi connectivity index (χ4v) is 2.65. The van der Waals surface area contributed by atoms with Crippen LogP contribution in [-0.4, -0.2) is 16.6 Å². The molecular weight excluding hydrogens is 367 g/mol. The monoisotopic (exact) mass is 383 g/mol. The molecule has 0 bridgehead atoms. The SMILES string of the molecule is CC/C(=N/NC(=S)Nc1ccc(SC(F)F)cc1)c1ccc(F)cc1. The summed E-state index contributed by atoms with van der Waals surface area (Å²) in [7, 11) is 0. The molecule has 0 atom stereocenters. The molecule has 0 aromatic heterocycles. The number of benzene rings is 2. The number of thioether (sulfide) groups is 1. The molecule has 8 heteroatoms. The van der Waals surface area contributed by atoms with Gasteiger partial charge in [-0.3, -0.25) is 5.43 Å². The van der Waals surface area contributed by atoms with Crippen molar-refractivity contribution in [2.45, 2.75) is 24.0 Å². The Bertz CT molecular complexity index is 732. The lowest BCUT2D eigenvalue weighted by molar-refractivity contribution is 0.252. The number of halogens is 3. The van der Waals surface area contributed by atoms with Gasteiger partial charge in [-0.15, -0.1) is 0 Å². The summed E-state index contributed by atoms with van der Waals surface area (Å²) in [5.41, 5.74) is 4.92. The molecule has 3 nitrogen and oxygen atoms in total. The molecule has 25 heavy (non-hydrogen) atoms. The molecule has 0 aliphatic carbocycles. The first kappa shape index (κ1) is 19.3. The van der Waals surface area contributed by atoms with Crippen molar-refractivity contribution in [1.29, 1.82) is 0 Å². The zero-order valence-corrected chi connectivity index (χ0v) is 14.9. The van der Waals surface area contributed by atoms with Crippen LogP contribution in [0.3, 0.4) is 0 Å². The van der Waals surface area contributed by atoms with Crippen molar-refractivity contribution < 1.29 is 13.2 Å². The van der Waals surface area contributed by atoms with Crippen molar-refractivity contribution in [1.82, 2.24) is 5.43 Å². The second kappa shape index (κ2) is 9.43. The molecule has 0 aliphatic heterocycles. The van der Waals surface area contributed by atoms with Gasteiger partial charge in [0.05, 0.1) is 5.71 Å². The Hall–Kier alpha value is -2.06. The van der Waals surface area contributed by atoms with E-state index in [-0.39, 0.29) is 10.9 Å². The Morgan fingerprint density at radius 2 is 1.76 bits per heavy atom. The van der Waals surface area contributed by atoms with Gasteiger partial charge in [-0.25, -0.2) is 4.39 Å². The molecule has 0 saturated carbocycles. The second-order valence-corrected chi connectivity index (χ2v) is 6.36. The van der Waals surface area contributed by atoms with Crippen molar-refractivity contribution in [2.24, 2.45) is 5.10 Å². The maximum Gasteiger partial charge on any atom is 0.288 e. The molecule has 2 N–H and O–H groups in total. The van der Waals surface area contributed by atoms with Crippen LogP contribution in [0, 0.1) is 5.82 Å². The summed E-state index contributed by atoms with van der Waals surface area (Å²) in [6.45, 7) is 1.93. The van der Waals surface area contributed by atoms with Crippen LogP contribution in [0.2, 0.25) is 0 Å². The summed E-state index contributed by atoms with van der Waals surface area (Å²) >= 11 is 5.64. The quantitative estimate of drug-likeness (QED) is 0.310. The van der Waals surface area contributed by atoms with Crippen LogP contribution in [0.5, 0.6) is 0 Å². The first-order valence-corrected chi connectivity index (χ1v) is 8.71. The van der Waals surface area contributed by atoms with Crippen LogP contribution < -0.4 is 10.7 Å². The van der Waals surface area contributed by atoms with E-state index >= 15 is 0 Å². The molecule has 2 aromatic rings. The topological polar surface area (TPSA) is 36.4 Å². The van der Waals surface area contributed by atoms with Gasteiger partial charge in [0.1, 0.15) is 5.82 Å². The molecule has 0 radical (unpaired) electrons. The lowest BCUT2D eigenvalue weighted by atomic mass is 10.1. The summed E-state index contributed by atoms with van der Waals surface area (Å²) in [6.07, 6.45) is 0.640. The average molecular weight is 383 g/mol. The summed E-state index contributed by atoms with van der Waals surface area (Å²) in [6, 6.07) is 12.5. The lowest BCUT2D eigenvalue weighted by Gasteiger charge is -2.10. The van der Waals surface area contributed by atoms with Crippen LogP contribution in [-0.2, 0) is 0 Å². The van der Waals surface area contributed by atoms with Crippen LogP contribution in [0.4, 0.5) is 18.9 Å². The number of hydrazone groups is 1. The predicted octanol–water partition coefficient (Wildman–Crippen LogP) is 5.24. The van der Waals surface area contributed by atoms with Gasteiger partial charge in [0.2, 0.25) is 0 Å². The van der Waals surface area contributed by atoms with E-state index in [0.717, 1.165) is 11.3 Å². The minimum Gasteiger partial charge on any atom is -0.331 e. The van der Waals surface area contributed by atoms with Crippen LogP contribution in [0.15, 0.2) is 58.5 Å². The van der Waals surface area contributed by atoms with Crippen LogP contribution >= 0.6 is 24.0 Å². The Kier molecular flexibility index (Phi) is 7.27. The van der Waals surface area contributed by atoms with E-state index in [4.69, 9.17) is 12.2 Å². The number of rotatable bonds is 6. The molecule has 2 rings (SSSR count). The molecule has 132 valence electrons. The highest BCUT2D eigenvalue weighted by atomic mass is 32.2. The molecule has 0 fully saturated rings. The van der Waals surface area contributed by atoms with E-state index in [1.807, 2.05) is 6.92 Å². The van der Waals surface area contributed by atoms with Crippen molar-refractivity contribution >= 4 is 40.5 Å². The van der Waals surface area contributed by atoms with Gasteiger partial charge in [0.25, 0.3) is 5.76 Å². The van der Waals surface area contributed by atoms with Gasteiger partial charge in [-0.05, 0) is 60.6 Å². The number of nitrogens with zero attached hydrogens (tertiary/aromatic N) is 1. The first-order chi connectivity index (χ1) is 12.0. The summed E-state index contributed by atoms with van der Waals surface area (Å²) in [5.74, 6) is -2.76. The first-order valence-electron chi connectivity index (χ1n) is 7.42. The Labute approximate surface area is 153 Å². The minimum atomic E-state index is -2.45. The Morgan fingerprint density at radius 3 is 2.32 bits per heavy atom. The highest BCUT2D eigenvalue weighted by Crippen LogP contribution is 2.26. The van der Waals surface area contributed by atoms with Crippen molar-refractivity contribution in [3.8, 4) is 0 Å². The van der Waals surface area contributed by atoms with Gasteiger partial charge >= 0.3 is 0 Å². The lowest BCUT2D eigenvalue weighted by Crippen LogP contribution is -2.25. The highest BCUT2D eigenvalue weighted by Gasteiger charge is 2.06. The van der Waals surface area contributed by atoms with Crippen molar-refractivity contribution in [3.05, 3.63) is 59.9 Å². The maximum absolute atomic E-state index is 13.0. The molecule has 0 saturated heterocycles. The molecular formula is C17H16F3N3S2.